The van der Waals surface area contributed by atoms with Crippen LogP contribution in [0.3, 0.4) is 0 Å². The summed E-state index contributed by atoms with van der Waals surface area (Å²) in [5, 5.41) is 0. The van der Waals surface area contributed by atoms with Crippen molar-refractivity contribution in [2.45, 2.75) is 38.8 Å². The van der Waals surface area contributed by atoms with Gasteiger partial charge < -0.3 is 10.5 Å². The molecule has 60 valence electrons. The summed E-state index contributed by atoms with van der Waals surface area (Å²) in [4.78, 5) is 0. The Balaban J connectivity index is 2.38. The minimum atomic E-state index is 0.345. The lowest BCUT2D eigenvalue weighted by Crippen LogP contribution is -2.33. The second-order valence-corrected chi connectivity index (χ2v) is 3.10. The first-order valence-electron chi connectivity index (χ1n) is 4.13. The molecule has 1 aliphatic heterocycles. The molecular weight excluding hydrogens is 126 g/mol. The number of nitrogens with two attached hydrogens (primary N) is 1. The second-order valence-electron chi connectivity index (χ2n) is 3.10. The van der Waals surface area contributed by atoms with E-state index in [1.807, 2.05) is 0 Å². The van der Waals surface area contributed by atoms with E-state index in [9.17, 15) is 0 Å². The van der Waals surface area contributed by atoms with E-state index in [1.165, 1.54) is 0 Å². The zero-order valence-corrected chi connectivity index (χ0v) is 6.84. The van der Waals surface area contributed by atoms with Crippen LogP contribution in [0.1, 0.15) is 26.7 Å². The van der Waals surface area contributed by atoms with E-state index in [0.29, 0.717) is 18.1 Å². The third-order valence-electron chi connectivity index (χ3n) is 2.46. The highest BCUT2D eigenvalue weighted by Gasteiger charge is 2.28. The van der Waals surface area contributed by atoms with Crippen molar-refractivity contribution in [3.8, 4) is 0 Å². The molecule has 0 aromatic carbocycles. The van der Waals surface area contributed by atoms with E-state index >= 15 is 0 Å². The van der Waals surface area contributed by atoms with Crippen LogP contribution in [0, 0.1) is 5.92 Å². The zero-order valence-electron chi connectivity index (χ0n) is 6.84. The van der Waals surface area contributed by atoms with E-state index in [4.69, 9.17) is 10.5 Å². The van der Waals surface area contributed by atoms with Crippen LogP contribution in [0.5, 0.6) is 0 Å². The van der Waals surface area contributed by atoms with Gasteiger partial charge in [0, 0.05) is 18.6 Å². The third-order valence-corrected chi connectivity index (χ3v) is 2.46. The van der Waals surface area contributed by atoms with Crippen molar-refractivity contribution >= 4 is 0 Å². The van der Waals surface area contributed by atoms with Crippen LogP contribution in [-0.4, -0.2) is 18.8 Å². The van der Waals surface area contributed by atoms with Crippen molar-refractivity contribution in [1.82, 2.24) is 0 Å². The van der Waals surface area contributed by atoms with Crippen LogP contribution in [-0.2, 0) is 4.74 Å². The third kappa shape index (κ3) is 1.50. The Morgan fingerprint density at radius 2 is 2.40 bits per heavy atom. The Morgan fingerprint density at radius 1 is 1.70 bits per heavy atom. The van der Waals surface area contributed by atoms with Gasteiger partial charge in [0.1, 0.15) is 0 Å². The van der Waals surface area contributed by atoms with E-state index in [1.54, 1.807) is 0 Å². The van der Waals surface area contributed by atoms with E-state index < -0.39 is 0 Å². The van der Waals surface area contributed by atoms with Gasteiger partial charge in [-0.05, 0) is 19.8 Å². The maximum Gasteiger partial charge on any atom is 0.0590 e. The van der Waals surface area contributed by atoms with Gasteiger partial charge in [0.25, 0.3) is 0 Å². The Kier molecular flexibility index (Phi) is 2.69. The molecule has 0 spiro atoms. The predicted octanol–water partition coefficient (Wildman–Crippen LogP) is 1.15. The smallest absolute Gasteiger partial charge is 0.0590 e. The second kappa shape index (κ2) is 3.35. The van der Waals surface area contributed by atoms with Crippen LogP contribution in [0.15, 0.2) is 0 Å². The fraction of sp³-hybridized carbons (Fsp3) is 1.00. The van der Waals surface area contributed by atoms with E-state index in [-0.39, 0.29) is 0 Å². The molecule has 2 heteroatoms. The average Bonchev–Trinajstić information content (AvgIpc) is 2.34. The van der Waals surface area contributed by atoms with Crippen LogP contribution in [0.4, 0.5) is 0 Å². The van der Waals surface area contributed by atoms with E-state index in [0.717, 1.165) is 19.4 Å². The van der Waals surface area contributed by atoms with Gasteiger partial charge in [0.05, 0.1) is 6.10 Å². The van der Waals surface area contributed by atoms with Crippen LogP contribution in [0.25, 0.3) is 0 Å². The molecule has 0 radical (unpaired) electrons. The first kappa shape index (κ1) is 8.02. The molecule has 3 atom stereocenters. The van der Waals surface area contributed by atoms with Crippen LogP contribution >= 0.6 is 0 Å². The maximum absolute atomic E-state index is 5.89. The lowest BCUT2D eigenvalue weighted by atomic mass is 9.93. The quantitative estimate of drug-likeness (QED) is 0.629. The molecule has 0 saturated carbocycles. The topological polar surface area (TPSA) is 35.2 Å². The number of rotatable bonds is 2. The highest BCUT2D eigenvalue weighted by atomic mass is 16.5. The average molecular weight is 143 g/mol. The van der Waals surface area contributed by atoms with Gasteiger partial charge in [0.15, 0.2) is 0 Å². The van der Waals surface area contributed by atoms with Crippen molar-refractivity contribution in [3.63, 3.8) is 0 Å². The molecule has 0 bridgehead atoms. The van der Waals surface area contributed by atoms with Gasteiger partial charge >= 0.3 is 0 Å². The molecule has 1 heterocycles. The Labute approximate surface area is 62.7 Å². The summed E-state index contributed by atoms with van der Waals surface area (Å²) in [6.07, 6.45) is 2.60. The van der Waals surface area contributed by atoms with Crippen LogP contribution in [0.2, 0.25) is 0 Å². The van der Waals surface area contributed by atoms with Gasteiger partial charge in [-0.2, -0.15) is 0 Å². The Hall–Kier alpha value is -0.0800. The molecule has 2 N–H and O–H groups in total. The fourth-order valence-corrected chi connectivity index (χ4v) is 1.61. The first-order chi connectivity index (χ1) is 4.75. The van der Waals surface area contributed by atoms with Crippen molar-refractivity contribution in [2.75, 3.05) is 6.61 Å². The molecule has 1 saturated heterocycles. The molecule has 0 aromatic heterocycles. The molecular formula is C8H17NO. The highest BCUT2D eigenvalue weighted by molar-refractivity contribution is 4.80. The van der Waals surface area contributed by atoms with Gasteiger partial charge in [-0.15, -0.1) is 0 Å². The normalized spacial score (nSPS) is 36.3. The lowest BCUT2D eigenvalue weighted by Gasteiger charge is -2.19. The highest BCUT2D eigenvalue weighted by Crippen LogP contribution is 2.23. The lowest BCUT2D eigenvalue weighted by molar-refractivity contribution is 0.0991. The number of hydrogen-bond acceptors (Lipinski definition) is 2. The summed E-state index contributed by atoms with van der Waals surface area (Å²) >= 11 is 0. The Bertz CT molecular complexity index is 105. The molecule has 10 heavy (non-hydrogen) atoms. The molecule has 3 unspecified atom stereocenters. The summed E-state index contributed by atoms with van der Waals surface area (Å²) < 4.78 is 5.41. The first-order valence-corrected chi connectivity index (χ1v) is 4.13. The molecule has 1 aliphatic rings. The summed E-state index contributed by atoms with van der Waals surface area (Å²) in [6, 6.07) is 0.345. The summed E-state index contributed by atoms with van der Waals surface area (Å²) in [5.74, 6) is 0.602. The Morgan fingerprint density at radius 3 is 2.80 bits per heavy atom. The summed E-state index contributed by atoms with van der Waals surface area (Å²) in [6.45, 7) is 5.16. The SMILES string of the molecule is CCC(N)C1CCOC1C. The molecule has 1 rings (SSSR count). The van der Waals surface area contributed by atoms with Crippen molar-refractivity contribution < 1.29 is 4.74 Å². The fourth-order valence-electron chi connectivity index (χ4n) is 1.61. The molecule has 1 fully saturated rings. The summed E-state index contributed by atoms with van der Waals surface area (Å²) in [5.41, 5.74) is 5.89. The monoisotopic (exact) mass is 143 g/mol. The van der Waals surface area contributed by atoms with Gasteiger partial charge in [-0.25, -0.2) is 0 Å². The minimum Gasteiger partial charge on any atom is -0.378 e. The van der Waals surface area contributed by atoms with E-state index in [2.05, 4.69) is 13.8 Å². The van der Waals surface area contributed by atoms with Gasteiger partial charge in [0.2, 0.25) is 0 Å². The molecule has 0 aromatic rings. The molecule has 0 amide bonds. The number of ether oxygens (including phenoxy) is 1. The van der Waals surface area contributed by atoms with Gasteiger partial charge in [-0.3, -0.25) is 0 Å². The largest absolute Gasteiger partial charge is 0.378 e. The van der Waals surface area contributed by atoms with Crippen molar-refractivity contribution in [3.05, 3.63) is 0 Å². The molecule has 0 aliphatic carbocycles. The zero-order chi connectivity index (χ0) is 7.56. The molecule has 2 nitrogen and oxygen atoms in total. The van der Waals surface area contributed by atoms with Crippen molar-refractivity contribution in [2.24, 2.45) is 11.7 Å². The van der Waals surface area contributed by atoms with Crippen molar-refractivity contribution in [1.29, 1.82) is 0 Å². The predicted molar refractivity (Wildman–Crippen MR) is 41.8 cm³/mol. The maximum atomic E-state index is 5.89. The van der Waals surface area contributed by atoms with Crippen LogP contribution < -0.4 is 5.73 Å². The minimum absolute atomic E-state index is 0.345. The standard InChI is InChI=1S/C8H17NO/c1-3-8(9)7-4-5-10-6(7)2/h6-8H,3-5,9H2,1-2H3. The number of hydrogen-bond donors (Lipinski definition) is 1. The summed E-state index contributed by atoms with van der Waals surface area (Å²) in [7, 11) is 0. The van der Waals surface area contributed by atoms with Gasteiger partial charge in [-0.1, -0.05) is 6.92 Å².